The summed E-state index contributed by atoms with van der Waals surface area (Å²) in [6, 6.07) is 0.373. The number of alkyl halides is 1. The third-order valence-electron chi connectivity index (χ3n) is 3.11. The number of nitrogens with zero attached hydrogens (tertiary/aromatic N) is 1. The van der Waals surface area contributed by atoms with E-state index < -0.39 is 6.17 Å². The van der Waals surface area contributed by atoms with Crippen LogP contribution in [-0.2, 0) is 0 Å². The highest BCUT2D eigenvalue weighted by Gasteiger charge is 2.43. The highest BCUT2D eigenvalue weighted by atomic mass is 19.1. The van der Waals surface area contributed by atoms with Crippen molar-refractivity contribution in [3.05, 3.63) is 0 Å². The number of likely N-dealkylation sites (tertiary alicyclic amines) is 1. The van der Waals surface area contributed by atoms with Crippen molar-refractivity contribution in [3.8, 4) is 0 Å². The van der Waals surface area contributed by atoms with Gasteiger partial charge in [-0.1, -0.05) is 20.8 Å². The second-order valence-electron chi connectivity index (χ2n) is 6.54. The van der Waals surface area contributed by atoms with E-state index in [0.29, 0.717) is 19.0 Å². The van der Waals surface area contributed by atoms with Crippen LogP contribution in [0.5, 0.6) is 0 Å². The number of hydrogen-bond donors (Lipinski definition) is 0. The Balaban J connectivity index is 2.84. The zero-order valence-corrected chi connectivity index (χ0v) is 10.4. The molecule has 1 heterocycles. The molecule has 1 saturated heterocycles. The Morgan fingerprint density at radius 3 is 1.86 bits per heavy atom. The summed E-state index contributed by atoms with van der Waals surface area (Å²) in [6.07, 6.45) is 0.0549. The first-order valence-corrected chi connectivity index (χ1v) is 5.53. The van der Waals surface area contributed by atoms with Crippen LogP contribution in [-0.4, -0.2) is 29.2 Å². The molecule has 0 saturated carbocycles. The molecule has 0 unspecified atom stereocenters. The molecule has 1 fully saturated rings. The first-order valence-electron chi connectivity index (χ1n) is 5.53. The molecular formula is C12H24FN. The molecule has 1 nitrogen and oxygen atoms in total. The van der Waals surface area contributed by atoms with Crippen molar-refractivity contribution in [1.82, 2.24) is 4.90 Å². The molecule has 0 amide bonds. The van der Waals surface area contributed by atoms with Crippen molar-refractivity contribution >= 4 is 0 Å². The highest BCUT2D eigenvalue weighted by molar-refractivity contribution is 4.97. The number of halogens is 1. The molecule has 0 spiro atoms. The Morgan fingerprint density at radius 2 is 1.57 bits per heavy atom. The van der Waals surface area contributed by atoms with E-state index in [-0.39, 0.29) is 11.0 Å². The van der Waals surface area contributed by atoms with Gasteiger partial charge in [0.1, 0.15) is 6.17 Å². The highest BCUT2D eigenvalue weighted by Crippen LogP contribution is 2.37. The minimum Gasteiger partial charge on any atom is -0.292 e. The van der Waals surface area contributed by atoms with Crippen LogP contribution in [0.3, 0.4) is 0 Å². The van der Waals surface area contributed by atoms with Gasteiger partial charge < -0.3 is 0 Å². The Bertz CT molecular complexity index is 177. The largest absolute Gasteiger partial charge is 0.292 e. The molecule has 0 aliphatic carbocycles. The summed E-state index contributed by atoms with van der Waals surface area (Å²) in [5.74, 6) is 0. The van der Waals surface area contributed by atoms with Gasteiger partial charge in [-0.25, -0.2) is 4.39 Å². The maximum Gasteiger partial charge on any atom is 0.114 e. The van der Waals surface area contributed by atoms with E-state index in [0.717, 1.165) is 0 Å². The van der Waals surface area contributed by atoms with Crippen LogP contribution in [0.1, 0.15) is 48.0 Å². The lowest BCUT2D eigenvalue weighted by molar-refractivity contribution is 0.0570. The molecule has 0 N–H and O–H groups in total. The Labute approximate surface area is 87.7 Å². The topological polar surface area (TPSA) is 3.24 Å². The fourth-order valence-corrected chi connectivity index (χ4v) is 2.35. The van der Waals surface area contributed by atoms with Gasteiger partial charge in [-0.3, -0.25) is 4.90 Å². The van der Waals surface area contributed by atoms with Gasteiger partial charge in [0.25, 0.3) is 0 Å². The summed E-state index contributed by atoms with van der Waals surface area (Å²) in [5.41, 5.74) is 0.257. The predicted molar refractivity (Wildman–Crippen MR) is 59.2 cm³/mol. The smallest absolute Gasteiger partial charge is 0.114 e. The standard InChI is InChI=1S/C12H24FN/c1-11(2,3)10-7-9(13)8-14(10)12(4,5)6/h9-10H,7-8H2,1-6H3/t9-,10+/m1/s1. The normalized spacial score (nSPS) is 31.1. The molecule has 14 heavy (non-hydrogen) atoms. The van der Waals surface area contributed by atoms with Crippen molar-refractivity contribution < 1.29 is 4.39 Å². The fourth-order valence-electron chi connectivity index (χ4n) is 2.35. The minimum absolute atomic E-state index is 0.0821. The zero-order valence-electron chi connectivity index (χ0n) is 10.4. The molecule has 0 radical (unpaired) electrons. The summed E-state index contributed by atoms with van der Waals surface area (Å²) >= 11 is 0. The molecule has 0 bridgehead atoms. The lowest BCUT2D eigenvalue weighted by atomic mass is 9.83. The van der Waals surface area contributed by atoms with Crippen molar-refractivity contribution in [3.63, 3.8) is 0 Å². The monoisotopic (exact) mass is 201 g/mol. The average Bonchev–Trinajstić information content (AvgIpc) is 2.27. The lowest BCUT2D eigenvalue weighted by Crippen LogP contribution is -2.49. The lowest BCUT2D eigenvalue weighted by Gasteiger charge is -2.42. The maximum atomic E-state index is 13.4. The third-order valence-corrected chi connectivity index (χ3v) is 3.11. The summed E-state index contributed by atoms with van der Waals surface area (Å²) < 4.78 is 13.4. The van der Waals surface area contributed by atoms with Gasteiger partial charge in [-0.15, -0.1) is 0 Å². The molecular weight excluding hydrogens is 177 g/mol. The van der Waals surface area contributed by atoms with Crippen LogP contribution < -0.4 is 0 Å². The SMILES string of the molecule is CC(C)(C)[C@@H]1C[C@@H](F)CN1C(C)(C)C. The van der Waals surface area contributed by atoms with Gasteiger partial charge >= 0.3 is 0 Å². The molecule has 2 atom stereocenters. The van der Waals surface area contributed by atoms with Crippen LogP contribution in [0.4, 0.5) is 4.39 Å². The Hall–Kier alpha value is -0.110. The summed E-state index contributed by atoms with van der Waals surface area (Å²) in [4.78, 5) is 2.32. The van der Waals surface area contributed by atoms with Crippen LogP contribution in [0, 0.1) is 5.41 Å². The molecule has 2 heteroatoms. The van der Waals surface area contributed by atoms with E-state index in [2.05, 4.69) is 46.4 Å². The summed E-state index contributed by atoms with van der Waals surface area (Å²) in [7, 11) is 0. The van der Waals surface area contributed by atoms with E-state index in [1.807, 2.05) is 0 Å². The van der Waals surface area contributed by atoms with Gasteiger partial charge in [0.2, 0.25) is 0 Å². The van der Waals surface area contributed by atoms with Gasteiger partial charge in [0.05, 0.1) is 0 Å². The van der Waals surface area contributed by atoms with Crippen molar-refractivity contribution in [2.75, 3.05) is 6.54 Å². The Morgan fingerprint density at radius 1 is 1.07 bits per heavy atom. The second kappa shape index (κ2) is 3.48. The van der Waals surface area contributed by atoms with E-state index >= 15 is 0 Å². The second-order valence-corrected chi connectivity index (χ2v) is 6.54. The predicted octanol–water partition coefficient (Wildman–Crippen LogP) is 3.24. The van der Waals surface area contributed by atoms with Crippen LogP contribution in [0.2, 0.25) is 0 Å². The van der Waals surface area contributed by atoms with E-state index in [9.17, 15) is 4.39 Å². The van der Waals surface area contributed by atoms with Crippen LogP contribution in [0.15, 0.2) is 0 Å². The first kappa shape index (κ1) is 12.0. The molecule has 0 aromatic carbocycles. The van der Waals surface area contributed by atoms with E-state index in [1.165, 1.54) is 0 Å². The van der Waals surface area contributed by atoms with Crippen molar-refractivity contribution in [2.24, 2.45) is 5.41 Å². The summed E-state index contributed by atoms with van der Waals surface area (Å²) in [5, 5.41) is 0. The van der Waals surface area contributed by atoms with E-state index in [4.69, 9.17) is 0 Å². The van der Waals surface area contributed by atoms with Crippen molar-refractivity contribution in [2.45, 2.75) is 65.7 Å². The van der Waals surface area contributed by atoms with Crippen LogP contribution >= 0.6 is 0 Å². The third kappa shape index (κ3) is 2.47. The summed E-state index contributed by atoms with van der Waals surface area (Å²) in [6.45, 7) is 13.7. The molecule has 84 valence electrons. The maximum absolute atomic E-state index is 13.4. The minimum atomic E-state index is -0.640. The molecule has 1 aliphatic heterocycles. The van der Waals surface area contributed by atoms with Crippen molar-refractivity contribution in [1.29, 1.82) is 0 Å². The quantitative estimate of drug-likeness (QED) is 0.581. The average molecular weight is 201 g/mol. The first-order chi connectivity index (χ1) is 6.12. The van der Waals surface area contributed by atoms with Gasteiger partial charge in [0.15, 0.2) is 0 Å². The fraction of sp³-hybridized carbons (Fsp3) is 1.00. The van der Waals surface area contributed by atoms with Crippen LogP contribution in [0.25, 0.3) is 0 Å². The van der Waals surface area contributed by atoms with Gasteiger partial charge in [-0.05, 0) is 32.6 Å². The molecule has 1 aliphatic rings. The number of rotatable bonds is 0. The molecule has 0 aromatic heterocycles. The Kier molecular flexibility index (Phi) is 2.97. The zero-order chi connectivity index (χ0) is 11.1. The van der Waals surface area contributed by atoms with E-state index in [1.54, 1.807) is 0 Å². The molecule has 1 rings (SSSR count). The van der Waals surface area contributed by atoms with Gasteiger partial charge in [-0.2, -0.15) is 0 Å². The number of hydrogen-bond acceptors (Lipinski definition) is 1. The molecule has 0 aromatic rings. The van der Waals surface area contributed by atoms with Gasteiger partial charge in [0, 0.05) is 18.1 Å².